The molecule has 10 nitrogen and oxygen atoms in total. The van der Waals surface area contributed by atoms with E-state index in [4.69, 9.17) is 4.74 Å². The van der Waals surface area contributed by atoms with Gasteiger partial charge in [0.2, 0.25) is 0 Å². The summed E-state index contributed by atoms with van der Waals surface area (Å²) in [6, 6.07) is 4.62. The lowest BCUT2D eigenvalue weighted by Crippen LogP contribution is -2.44. The van der Waals surface area contributed by atoms with Gasteiger partial charge in [-0.05, 0) is 37.4 Å². The van der Waals surface area contributed by atoms with Crippen molar-refractivity contribution in [1.29, 1.82) is 0 Å². The van der Waals surface area contributed by atoms with Crippen LogP contribution in [0.2, 0.25) is 0 Å². The Balaban J connectivity index is 3.57. The number of hydrogen-bond donors (Lipinski definition) is 0. The van der Waals surface area contributed by atoms with Gasteiger partial charge in [-0.15, -0.1) is 0 Å². The van der Waals surface area contributed by atoms with Crippen LogP contribution in [0.15, 0.2) is 34.1 Å². The molecule has 0 unspecified atom stereocenters. The lowest BCUT2D eigenvalue weighted by Gasteiger charge is -2.26. The van der Waals surface area contributed by atoms with Crippen LogP contribution in [0.4, 0.5) is 9.59 Å². The van der Waals surface area contributed by atoms with E-state index >= 15 is 0 Å². The van der Waals surface area contributed by atoms with Crippen molar-refractivity contribution in [2.75, 3.05) is 20.4 Å². The minimum Gasteiger partial charge on any atom is -0.441 e. The van der Waals surface area contributed by atoms with Crippen LogP contribution in [0.3, 0.4) is 0 Å². The fraction of sp³-hybridized carbons (Fsp3) is 0.467. The van der Waals surface area contributed by atoms with Crippen molar-refractivity contribution >= 4 is 32.0 Å². The maximum atomic E-state index is 13.0. The molecule has 1 rings (SSSR count). The number of sulfonamides is 1. The van der Waals surface area contributed by atoms with E-state index in [0.717, 1.165) is 23.3 Å². The van der Waals surface area contributed by atoms with Gasteiger partial charge in [0.25, 0.3) is 0 Å². The van der Waals surface area contributed by atoms with Crippen molar-refractivity contribution in [2.24, 2.45) is 0 Å². The van der Waals surface area contributed by atoms with E-state index in [1.165, 1.54) is 47.0 Å². The largest absolute Gasteiger partial charge is 0.459 e. The molecule has 0 radical (unpaired) electrons. The third-order valence-electron chi connectivity index (χ3n) is 2.81. The molecule has 0 spiro atoms. The van der Waals surface area contributed by atoms with E-state index in [0.29, 0.717) is 0 Å². The number of carbonyl (C=O) groups is 2. The smallest absolute Gasteiger partial charge is 0.441 e. The summed E-state index contributed by atoms with van der Waals surface area (Å²) in [7, 11) is -6.33. The first-order chi connectivity index (χ1) is 12.1. The van der Waals surface area contributed by atoms with E-state index < -0.39 is 47.4 Å². The van der Waals surface area contributed by atoms with Crippen molar-refractivity contribution in [3.63, 3.8) is 0 Å². The first kappa shape index (κ1) is 22.7. The number of amides is 2. The SMILES string of the molecule is CN(C)C(=O)ON(C(=O)OC(C)(C)C)S(=O)(=O)c1ccccc1S(C)(=O)=O. The Bertz CT molecular complexity index is 931. The highest BCUT2D eigenvalue weighted by Gasteiger charge is 2.40. The molecule has 0 bridgehead atoms. The number of carbonyl (C=O) groups excluding carboxylic acids is 2. The molecule has 0 saturated carbocycles. The molecule has 0 N–H and O–H groups in total. The van der Waals surface area contributed by atoms with E-state index in [1.807, 2.05) is 0 Å². The molecule has 0 fully saturated rings. The van der Waals surface area contributed by atoms with Gasteiger partial charge in [0.15, 0.2) is 9.84 Å². The van der Waals surface area contributed by atoms with Crippen LogP contribution >= 0.6 is 0 Å². The highest BCUT2D eigenvalue weighted by molar-refractivity contribution is 7.93. The summed E-state index contributed by atoms with van der Waals surface area (Å²) in [5, 5.41) is 0. The van der Waals surface area contributed by atoms with Gasteiger partial charge in [0.05, 0.1) is 4.90 Å². The molecule has 2 amide bonds. The van der Waals surface area contributed by atoms with E-state index in [1.54, 1.807) is 0 Å². The quantitative estimate of drug-likeness (QED) is 0.673. The summed E-state index contributed by atoms with van der Waals surface area (Å²) in [6.45, 7) is 4.44. The predicted octanol–water partition coefficient (Wildman–Crippen LogP) is 1.63. The first-order valence-corrected chi connectivity index (χ1v) is 10.9. The zero-order valence-corrected chi connectivity index (χ0v) is 17.4. The van der Waals surface area contributed by atoms with Crippen LogP contribution in [-0.2, 0) is 29.4 Å². The molecule has 0 aliphatic heterocycles. The molecule has 0 atom stereocenters. The van der Waals surface area contributed by atoms with Gasteiger partial charge in [0, 0.05) is 20.4 Å². The van der Waals surface area contributed by atoms with Crippen molar-refractivity contribution in [3.05, 3.63) is 24.3 Å². The van der Waals surface area contributed by atoms with Gasteiger partial charge in [-0.1, -0.05) is 12.1 Å². The lowest BCUT2D eigenvalue weighted by atomic mass is 10.2. The second-order valence-corrected chi connectivity index (χ2v) is 10.4. The van der Waals surface area contributed by atoms with Crippen molar-refractivity contribution in [2.45, 2.75) is 36.2 Å². The second-order valence-electron chi connectivity index (χ2n) is 6.68. The zero-order valence-electron chi connectivity index (χ0n) is 15.8. The molecule has 12 heteroatoms. The standard InChI is InChI=1S/C15H22N2O8S2/c1-15(2,3)24-14(19)17(25-13(18)16(4)5)27(22,23)12-10-8-7-9-11(12)26(6,20)21/h7-10H,1-6H3. The van der Waals surface area contributed by atoms with Crippen molar-refractivity contribution in [3.8, 4) is 0 Å². The van der Waals surface area contributed by atoms with E-state index in [9.17, 15) is 26.4 Å². The molecule has 0 aromatic heterocycles. The minimum atomic E-state index is -4.91. The summed E-state index contributed by atoms with van der Waals surface area (Å²) in [5.74, 6) is 0. The summed E-state index contributed by atoms with van der Waals surface area (Å²) in [6.07, 6.45) is -1.87. The van der Waals surface area contributed by atoms with E-state index in [2.05, 4.69) is 4.84 Å². The monoisotopic (exact) mass is 422 g/mol. The fourth-order valence-electron chi connectivity index (χ4n) is 1.70. The van der Waals surface area contributed by atoms with Crippen LogP contribution in [0.25, 0.3) is 0 Å². The van der Waals surface area contributed by atoms with Gasteiger partial charge in [-0.2, -0.15) is 8.42 Å². The Hall–Kier alpha value is -2.34. The number of ether oxygens (including phenoxy) is 1. The second kappa shape index (κ2) is 7.72. The molecular formula is C15H22N2O8S2. The molecular weight excluding hydrogens is 400 g/mol. The third kappa shape index (κ3) is 5.82. The summed E-state index contributed by atoms with van der Waals surface area (Å²) >= 11 is 0. The number of rotatable bonds is 3. The summed E-state index contributed by atoms with van der Waals surface area (Å²) < 4.78 is 54.5. The highest BCUT2D eigenvalue weighted by Crippen LogP contribution is 2.26. The fourth-order valence-corrected chi connectivity index (χ4v) is 4.37. The topological polar surface area (TPSA) is 127 Å². The highest BCUT2D eigenvalue weighted by atomic mass is 32.2. The van der Waals surface area contributed by atoms with Gasteiger partial charge >= 0.3 is 22.2 Å². The Kier molecular flexibility index (Phi) is 6.49. The number of hydrogen-bond acceptors (Lipinski definition) is 8. The number of hydroxylamine groups is 1. The molecule has 1 aromatic carbocycles. The molecule has 0 heterocycles. The first-order valence-electron chi connectivity index (χ1n) is 7.54. The number of nitrogens with zero attached hydrogens (tertiary/aromatic N) is 2. The Labute approximate surface area is 158 Å². The molecule has 152 valence electrons. The zero-order chi connectivity index (χ0) is 21.2. The number of sulfone groups is 1. The minimum absolute atomic E-state index is 0.259. The maximum Gasteiger partial charge on any atom is 0.459 e. The van der Waals surface area contributed by atoms with Crippen LogP contribution < -0.4 is 0 Å². The summed E-state index contributed by atoms with van der Waals surface area (Å²) in [5.41, 5.74) is -1.11. The number of benzene rings is 1. The predicted molar refractivity (Wildman–Crippen MR) is 95.0 cm³/mol. The van der Waals surface area contributed by atoms with Gasteiger partial charge in [-0.3, -0.25) is 4.84 Å². The normalized spacial score (nSPS) is 12.2. The molecule has 0 aliphatic rings. The molecule has 1 aromatic rings. The molecule has 27 heavy (non-hydrogen) atoms. The maximum absolute atomic E-state index is 13.0. The van der Waals surface area contributed by atoms with Crippen LogP contribution in [0.5, 0.6) is 0 Å². The Morgan fingerprint density at radius 2 is 1.41 bits per heavy atom. The molecule has 0 aliphatic carbocycles. The van der Waals surface area contributed by atoms with Crippen molar-refractivity contribution in [1.82, 2.24) is 9.37 Å². The van der Waals surface area contributed by atoms with E-state index in [-0.39, 0.29) is 4.47 Å². The van der Waals surface area contributed by atoms with Crippen molar-refractivity contribution < 1.29 is 36.0 Å². The Morgan fingerprint density at radius 1 is 0.926 bits per heavy atom. The average Bonchev–Trinajstić information content (AvgIpc) is 2.49. The van der Waals surface area contributed by atoms with Crippen LogP contribution in [0.1, 0.15) is 20.8 Å². The summed E-state index contributed by atoms with van der Waals surface area (Å²) in [4.78, 5) is 28.5. The van der Waals surface area contributed by atoms with Gasteiger partial charge < -0.3 is 9.64 Å². The lowest BCUT2D eigenvalue weighted by molar-refractivity contribution is -0.0543. The van der Waals surface area contributed by atoms with Gasteiger partial charge in [0.1, 0.15) is 10.5 Å². The average molecular weight is 422 g/mol. The van der Waals surface area contributed by atoms with Crippen LogP contribution in [0, 0.1) is 0 Å². The Morgan fingerprint density at radius 3 is 1.81 bits per heavy atom. The van der Waals surface area contributed by atoms with Crippen LogP contribution in [-0.4, -0.2) is 64.3 Å². The molecule has 0 saturated heterocycles. The third-order valence-corrected chi connectivity index (χ3v) is 5.67. The van der Waals surface area contributed by atoms with Gasteiger partial charge in [-0.25, -0.2) is 18.0 Å².